The molecule has 0 radical (unpaired) electrons. The third-order valence-electron chi connectivity index (χ3n) is 12.3. The Morgan fingerprint density at radius 2 is 1.16 bits per heavy atom. The van der Waals surface area contributed by atoms with Gasteiger partial charge >= 0.3 is 0 Å². The molecular formula is C55H59N4OPt-3. The number of pyridine rings is 1. The summed E-state index contributed by atoms with van der Waals surface area (Å²) in [5, 5.41) is 2.25. The molecule has 0 atom stereocenters. The van der Waals surface area contributed by atoms with Crippen LogP contribution in [0, 0.1) is 18.8 Å². The second kappa shape index (κ2) is 16.0. The van der Waals surface area contributed by atoms with E-state index in [1.807, 2.05) is 12.3 Å². The van der Waals surface area contributed by atoms with Crippen LogP contribution in [0.3, 0.4) is 0 Å². The largest absolute Gasteiger partial charge is 0.509 e. The van der Waals surface area contributed by atoms with Crippen molar-refractivity contribution in [1.82, 2.24) is 9.55 Å². The van der Waals surface area contributed by atoms with Gasteiger partial charge in [0, 0.05) is 66.8 Å². The van der Waals surface area contributed by atoms with E-state index in [-0.39, 0.29) is 42.7 Å². The number of fused-ring (bicyclic) bond motifs is 3. The topological polar surface area (TPSA) is 33.5 Å². The molecule has 5 aromatic carbocycles. The van der Waals surface area contributed by atoms with Gasteiger partial charge in [-0.2, -0.15) is 6.07 Å². The molecule has 0 spiro atoms. The van der Waals surface area contributed by atoms with Crippen molar-refractivity contribution < 1.29 is 25.8 Å². The number of allylic oxidation sites excluding steroid dienone is 2. The minimum absolute atomic E-state index is 0. The van der Waals surface area contributed by atoms with Gasteiger partial charge in [0.25, 0.3) is 0 Å². The first kappa shape index (κ1) is 44.0. The molecule has 7 aromatic rings. The van der Waals surface area contributed by atoms with Crippen molar-refractivity contribution in [2.75, 3.05) is 9.80 Å². The quantitative estimate of drug-likeness (QED) is 0.149. The van der Waals surface area contributed by atoms with Crippen LogP contribution in [0.4, 0.5) is 11.4 Å². The van der Waals surface area contributed by atoms with Crippen LogP contribution in [-0.2, 0) is 42.7 Å². The first-order chi connectivity index (χ1) is 28.2. The van der Waals surface area contributed by atoms with Crippen LogP contribution in [0.5, 0.6) is 11.5 Å². The van der Waals surface area contributed by atoms with Crippen molar-refractivity contribution >= 4 is 33.2 Å². The Bertz CT molecular complexity index is 2770. The van der Waals surface area contributed by atoms with Crippen LogP contribution in [0.2, 0.25) is 0 Å². The Hall–Kier alpha value is -5.12. The Morgan fingerprint density at radius 1 is 0.541 bits per heavy atom. The van der Waals surface area contributed by atoms with E-state index >= 15 is 0 Å². The summed E-state index contributed by atoms with van der Waals surface area (Å²) in [6.07, 6.45) is 1.91. The van der Waals surface area contributed by atoms with Crippen molar-refractivity contribution in [3.05, 3.63) is 173 Å². The number of rotatable bonds is 7. The molecule has 0 aliphatic carbocycles. The molecule has 0 N–H and O–H groups in total. The Morgan fingerprint density at radius 3 is 1.85 bits per heavy atom. The van der Waals surface area contributed by atoms with E-state index in [1.165, 1.54) is 22.3 Å². The first-order valence-electron chi connectivity index (χ1n) is 21.2. The smallest absolute Gasteiger partial charge is 0.135 e. The Balaban J connectivity index is 0.00000561. The van der Waals surface area contributed by atoms with Crippen LogP contribution in [0.1, 0.15) is 118 Å². The molecule has 0 bridgehead atoms. The average molecular weight is 987 g/mol. The fourth-order valence-electron chi connectivity index (χ4n) is 8.15. The summed E-state index contributed by atoms with van der Waals surface area (Å²) in [5.74, 6) is 2.12. The van der Waals surface area contributed by atoms with E-state index < -0.39 is 0 Å². The second-order valence-corrected chi connectivity index (χ2v) is 20.1. The molecule has 1 aliphatic heterocycles. The molecule has 0 fully saturated rings. The SMILES string of the molecule is CC1=C(C)N(c2cc(C(C)(C)C)cc(C(C)(C)c3ccccc3)c2)[CH-]N1c1[c-]c(Oc2[c-]c3c(cc2)c2ccccc2n3-c2cc(C(C)(C)C)ccn2)cc(C(C)(C)C)c1.[Pt]. The number of aromatic nitrogens is 2. The number of para-hydroxylation sites is 1. The van der Waals surface area contributed by atoms with Crippen molar-refractivity contribution in [3.63, 3.8) is 0 Å². The van der Waals surface area contributed by atoms with Crippen molar-refractivity contribution in [2.45, 2.75) is 112 Å². The molecule has 6 heteroatoms. The van der Waals surface area contributed by atoms with E-state index in [0.717, 1.165) is 56.0 Å². The predicted molar refractivity (Wildman–Crippen MR) is 252 cm³/mol. The molecule has 2 aromatic heterocycles. The predicted octanol–water partition coefficient (Wildman–Crippen LogP) is 14.5. The van der Waals surface area contributed by atoms with Crippen LogP contribution in [0.25, 0.3) is 27.6 Å². The van der Waals surface area contributed by atoms with Crippen LogP contribution in [-0.4, -0.2) is 9.55 Å². The third kappa shape index (κ3) is 8.43. The van der Waals surface area contributed by atoms with Crippen molar-refractivity contribution in [3.8, 4) is 17.3 Å². The van der Waals surface area contributed by atoms with Gasteiger partial charge in [0.1, 0.15) is 5.82 Å². The molecule has 0 amide bonds. The molecule has 0 unspecified atom stereocenters. The summed E-state index contributed by atoms with van der Waals surface area (Å²) in [7, 11) is 0. The molecule has 3 heterocycles. The van der Waals surface area contributed by atoms with Gasteiger partial charge < -0.3 is 19.1 Å². The van der Waals surface area contributed by atoms with E-state index in [0.29, 0.717) is 11.5 Å². The van der Waals surface area contributed by atoms with Crippen LogP contribution >= 0.6 is 0 Å². The summed E-state index contributed by atoms with van der Waals surface area (Å²) in [5.41, 5.74) is 12.2. The second-order valence-electron chi connectivity index (χ2n) is 20.1. The molecule has 0 saturated heterocycles. The maximum Gasteiger partial charge on any atom is 0.135 e. The summed E-state index contributed by atoms with van der Waals surface area (Å²) in [4.78, 5) is 9.45. The minimum atomic E-state index is -0.189. The van der Waals surface area contributed by atoms with E-state index in [1.54, 1.807) is 0 Å². The molecule has 61 heavy (non-hydrogen) atoms. The maximum atomic E-state index is 6.79. The maximum absolute atomic E-state index is 6.79. The number of nitrogens with zero attached hydrogens (tertiary/aromatic N) is 4. The van der Waals surface area contributed by atoms with E-state index in [9.17, 15) is 0 Å². The minimum Gasteiger partial charge on any atom is -0.509 e. The fraction of sp³-hybridized carbons (Fsp3) is 0.309. The number of hydrogen-bond acceptors (Lipinski definition) is 4. The number of ether oxygens (including phenoxy) is 1. The van der Waals surface area contributed by atoms with Gasteiger partial charge in [0.2, 0.25) is 0 Å². The van der Waals surface area contributed by atoms with Crippen molar-refractivity contribution in [1.29, 1.82) is 0 Å². The van der Waals surface area contributed by atoms with Gasteiger partial charge in [0.05, 0.1) is 0 Å². The van der Waals surface area contributed by atoms with E-state index in [2.05, 4.69) is 226 Å². The zero-order valence-electron chi connectivity index (χ0n) is 38.1. The van der Waals surface area contributed by atoms with Gasteiger partial charge in [-0.25, -0.2) is 4.98 Å². The zero-order valence-corrected chi connectivity index (χ0v) is 40.3. The number of hydrogen-bond donors (Lipinski definition) is 0. The third-order valence-corrected chi connectivity index (χ3v) is 12.3. The first-order valence-corrected chi connectivity index (χ1v) is 21.2. The van der Waals surface area contributed by atoms with Crippen molar-refractivity contribution in [2.24, 2.45) is 0 Å². The van der Waals surface area contributed by atoms with Gasteiger partial charge in [-0.05, 0) is 88.1 Å². The van der Waals surface area contributed by atoms with Gasteiger partial charge in [0.15, 0.2) is 0 Å². The summed E-state index contributed by atoms with van der Waals surface area (Å²) >= 11 is 0. The zero-order chi connectivity index (χ0) is 42.9. The number of anilines is 2. The van der Waals surface area contributed by atoms with Gasteiger partial charge in [-0.1, -0.05) is 136 Å². The normalized spacial score (nSPS) is 14.0. The standard InChI is InChI=1S/C55H59N4O.Pt/c1-36-37(2)58(35-57(36)43-28-40(53(6,7)8)27-42(30-43)55(12,13)38-19-15-14-16-20-38)44-29-41(54(9,10)11)31-46(33-44)60-45-23-24-48-47-21-17-18-22-49(47)59(50(48)34-45)51-32-39(25-26-56-51)52(3,4)5;/h14-32,35H,1-13H3;/q-3;. The van der Waals surface area contributed by atoms with Gasteiger partial charge in [-0.15, -0.1) is 53.6 Å². The molecule has 318 valence electrons. The Kier molecular flexibility index (Phi) is 11.5. The van der Waals surface area contributed by atoms with Crippen LogP contribution < -0.4 is 14.5 Å². The van der Waals surface area contributed by atoms with Crippen LogP contribution in [0.15, 0.2) is 127 Å². The Labute approximate surface area is 378 Å². The fourth-order valence-corrected chi connectivity index (χ4v) is 8.15. The molecule has 1 aliphatic rings. The van der Waals surface area contributed by atoms with E-state index in [4.69, 9.17) is 9.72 Å². The molecule has 0 saturated carbocycles. The summed E-state index contributed by atoms with van der Waals surface area (Å²) in [6, 6.07) is 46.6. The summed E-state index contributed by atoms with van der Waals surface area (Å²) < 4.78 is 9.00. The summed E-state index contributed by atoms with van der Waals surface area (Å²) in [6.45, 7) is 31.6. The van der Waals surface area contributed by atoms with Gasteiger partial charge in [-0.3, -0.25) is 0 Å². The average Bonchev–Trinajstić information content (AvgIpc) is 3.69. The molecule has 8 rings (SSSR count). The monoisotopic (exact) mass is 986 g/mol. The number of benzene rings is 5. The molecule has 5 nitrogen and oxygen atoms in total. The molecular weight excluding hydrogens is 928 g/mol.